The summed E-state index contributed by atoms with van der Waals surface area (Å²) in [6.07, 6.45) is 14.1. The van der Waals surface area contributed by atoms with Crippen LogP contribution in [-0.2, 0) is 19.1 Å². The van der Waals surface area contributed by atoms with Crippen molar-refractivity contribution in [1.29, 1.82) is 0 Å². The summed E-state index contributed by atoms with van der Waals surface area (Å²) in [6, 6.07) is 0. The molecule has 1 unspecified atom stereocenters. The average Bonchev–Trinajstić information content (AvgIpc) is 2.70. The van der Waals surface area contributed by atoms with Gasteiger partial charge in [0.05, 0.1) is 26.1 Å². The molecule has 2 atom stereocenters. The predicted molar refractivity (Wildman–Crippen MR) is 117 cm³/mol. The number of hydrogen-bond acceptors (Lipinski definition) is 6. The Balaban J connectivity index is 4.00. The van der Waals surface area contributed by atoms with Gasteiger partial charge in [-0.05, 0) is 25.7 Å². The van der Waals surface area contributed by atoms with E-state index in [1.165, 1.54) is 33.5 Å². The molecule has 0 amide bonds. The van der Waals surface area contributed by atoms with E-state index in [9.17, 15) is 14.7 Å². The van der Waals surface area contributed by atoms with Crippen LogP contribution in [0.2, 0.25) is 0 Å². The zero-order chi connectivity index (χ0) is 21.0. The van der Waals surface area contributed by atoms with Crippen LogP contribution in [0.1, 0.15) is 96.8 Å². The zero-order valence-corrected chi connectivity index (χ0v) is 19.1. The number of carbonyl (C=O) groups excluding carboxylic acids is 2. The van der Waals surface area contributed by atoms with Crippen molar-refractivity contribution in [3.63, 3.8) is 0 Å². The van der Waals surface area contributed by atoms with Crippen LogP contribution in [0, 0.1) is 0 Å². The number of esters is 2. The van der Waals surface area contributed by atoms with Gasteiger partial charge in [0.15, 0.2) is 0 Å². The molecule has 6 heteroatoms. The molecule has 0 aliphatic rings. The highest BCUT2D eigenvalue weighted by Gasteiger charge is 2.16. The molecule has 0 spiro atoms. The highest BCUT2D eigenvalue weighted by atomic mass is 32.2. The zero-order valence-electron chi connectivity index (χ0n) is 18.2. The fraction of sp³-hybridized carbons (Fsp3) is 0.909. The van der Waals surface area contributed by atoms with Crippen LogP contribution in [0.3, 0.4) is 0 Å². The molecule has 0 aromatic carbocycles. The van der Waals surface area contributed by atoms with Crippen molar-refractivity contribution in [2.24, 2.45) is 0 Å². The van der Waals surface area contributed by atoms with Gasteiger partial charge >= 0.3 is 11.9 Å². The highest BCUT2D eigenvalue weighted by Crippen LogP contribution is 2.25. The normalized spacial score (nSPS) is 13.1. The van der Waals surface area contributed by atoms with Crippen molar-refractivity contribution in [3.05, 3.63) is 0 Å². The minimum absolute atomic E-state index is 0.126. The van der Waals surface area contributed by atoms with E-state index in [0.717, 1.165) is 64.2 Å². The van der Waals surface area contributed by atoms with E-state index in [4.69, 9.17) is 4.74 Å². The quantitative estimate of drug-likeness (QED) is 0.227. The smallest absolute Gasteiger partial charge is 0.315 e. The SMILES string of the molecule is CCCCCC[C@@H](O)CC(CCCCCCCCC(=O)OC)SCC(=O)OC. The van der Waals surface area contributed by atoms with E-state index >= 15 is 0 Å². The van der Waals surface area contributed by atoms with E-state index in [2.05, 4.69) is 11.7 Å². The first-order valence-electron chi connectivity index (χ1n) is 11.0. The summed E-state index contributed by atoms with van der Waals surface area (Å²) < 4.78 is 9.39. The number of aliphatic hydroxyl groups is 1. The summed E-state index contributed by atoms with van der Waals surface area (Å²) in [6.45, 7) is 2.19. The third-order valence-corrected chi connectivity index (χ3v) is 6.28. The van der Waals surface area contributed by atoms with Crippen LogP contribution in [0.5, 0.6) is 0 Å². The molecule has 166 valence electrons. The Morgan fingerprint density at radius 1 is 0.821 bits per heavy atom. The number of aliphatic hydroxyl groups excluding tert-OH is 1. The molecule has 0 aromatic rings. The first kappa shape index (κ1) is 27.2. The van der Waals surface area contributed by atoms with Crippen molar-refractivity contribution in [1.82, 2.24) is 0 Å². The van der Waals surface area contributed by atoms with Crippen LogP contribution in [0.25, 0.3) is 0 Å². The number of rotatable bonds is 19. The maximum Gasteiger partial charge on any atom is 0.315 e. The summed E-state index contributed by atoms with van der Waals surface area (Å²) in [7, 11) is 2.85. The van der Waals surface area contributed by atoms with Crippen molar-refractivity contribution < 1.29 is 24.2 Å². The average molecular weight is 419 g/mol. The summed E-state index contributed by atoms with van der Waals surface area (Å²) in [4.78, 5) is 22.5. The maximum atomic E-state index is 11.5. The first-order valence-corrected chi connectivity index (χ1v) is 12.0. The van der Waals surface area contributed by atoms with Crippen molar-refractivity contribution >= 4 is 23.7 Å². The maximum absolute atomic E-state index is 11.5. The van der Waals surface area contributed by atoms with Gasteiger partial charge < -0.3 is 14.6 Å². The number of methoxy groups -OCH3 is 2. The largest absolute Gasteiger partial charge is 0.469 e. The molecule has 1 N–H and O–H groups in total. The molecular weight excluding hydrogens is 376 g/mol. The Kier molecular flexibility index (Phi) is 19.0. The number of unbranched alkanes of at least 4 members (excludes halogenated alkanes) is 8. The third-order valence-electron chi connectivity index (χ3n) is 4.98. The van der Waals surface area contributed by atoms with Crippen LogP contribution in [-0.4, -0.2) is 48.4 Å². The lowest BCUT2D eigenvalue weighted by Crippen LogP contribution is -2.18. The fourth-order valence-electron chi connectivity index (χ4n) is 3.19. The van der Waals surface area contributed by atoms with Gasteiger partial charge in [-0.3, -0.25) is 9.59 Å². The van der Waals surface area contributed by atoms with Gasteiger partial charge in [-0.15, -0.1) is 11.8 Å². The van der Waals surface area contributed by atoms with Crippen molar-refractivity contribution in [3.8, 4) is 0 Å². The Morgan fingerprint density at radius 3 is 2.04 bits per heavy atom. The van der Waals surface area contributed by atoms with E-state index in [-0.39, 0.29) is 18.0 Å². The summed E-state index contributed by atoms with van der Waals surface area (Å²) >= 11 is 1.62. The number of hydrogen-bond donors (Lipinski definition) is 1. The van der Waals surface area contributed by atoms with Crippen LogP contribution >= 0.6 is 11.8 Å². The standard InChI is InChI=1S/C22H42O5S/c1-4-5-6-11-14-19(23)17-20(28-18-22(25)27-3)15-12-9-7-8-10-13-16-21(24)26-2/h19-20,23H,4-18H2,1-3H3/t19-,20?/m1/s1. The molecule has 0 radical (unpaired) electrons. The van der Waals surface area contributed by atoms with Gasteiger partial charge in [0.25, 0.3) is 0 Å². The van der Waals surface area contributed by atoms with Crippen LogP contribution in [0.4, 0.5) is 0 Å². The van der Waals surface area contributed by atoms with Gasteiger partial charge in [-0.25, -0.2) is 0 Å². The van der Waals surface area contributed by atoms with Crippen LogP contribution in [0.15, 0.2) is 0 Å². The minimum atomic E-state index is -0.273. The Bertz CT molecular complexity index is 389. The number of ether oxygens (including phenoxy) is 2. The lowest BCUT2D eigenvalue weighted by molar-refractivity contribution is -0.140. The Labute approximate surface area is 176 Å². The fourth-order valence-corrected chi connectivity index (χ4v) is 4.37. The van der Waals surface area contributed by atoms with Gasteiger partial charge in [0.1, 0.15) is 0 Å². The van der Waals surface area contributed by atoms with Crippen LogP contribution < -0.4 is 0 Å². The van der Waals surface area contributed by atoms with Crippen molar-refractivity contribution in [2.45, 2.75) is 108 Å². The molecule has 28 heavy (non-hydrogen) atoms. The highest BCUT2D eigenvalue weighted by molar-refractivity contribution is 8.00. The molecule has 5 nitrogen and oxygen atoms in total. The van der Waals surface area contributed by atoms with Gasteiger partial charge in [-0.2, -0.15) is 0 Å². The molecule has 0 fully saturated rings. The summed E-state index contributed by atoms with van der Waals surface area (Å²) in [5.74, 6) is 0.0359. The molecule has 0 bridgehead atoms. The molecule has 0 aromatic heterocycles. The van der Waals surface area contributed by atoms with E-state index in [1.54, 1.807) is 11.8 Å². The number of thioether (sulfide) groups is 1. The Hall–Kier alpha value is -0.750. The summed E-state index contributed by atoms with van der Waals surface area (Å²) in [5, 5.41) is 10.6. The molecule has 0 aliphatic heterocycles. The lowest BCUT2D eigenvalue weighted by atomic mass is 10.0. The molecular formula is C22H42O5S. The second-order valence-corrected chi connectivity index (χ2v) is 8.77. The molecule has 0 heterocycles. The minimum Gasteiger partial charge on any atom is -0.469 e. The topological polar surface area (TPSA) is 72.8 Å². The monoisotopic (exact) mass is 418 g/mol. The van der Waals surface area contributed by atoms with E-state index < -0.39 is 0 Å². The predicted octanol–water partition coefficient (Wildman–Crippen LogP) is 5.28. The number of carbonyl (C=O) groups is 2. The Morgan fingerprint density at radius 2 is 1.39 bits per heavy atom. The van der Waals surface area contributed by atoms with E-state index in [0.29, 0.717) is 17.4 Å². The molecule has 0 rings (SSSR count). The van der Waals surface area contributed by atoms with E-state index in [1.807, 2.05) is 0 Å². The lowest BCUT2D eigenvalue weighted by Gasteiger charge is -2.20. The second-order valence-electron chi connectivity index (χ2n) is 7.48. The molecule has 0 saturated carbocycles. The van der Waals surface area contributed by atoms with Gasteiger partial charge in [0, 0.05) is 11.7 Å². The van der Waals surface area contributed by atoms with Crippen molar-refractivity contribution in [2.75, 3.05) is 20.0 Å². The van der Waals surface area contributed by atoms with Gasteiger partial charge in [0.2, 0.25) is 0 Å². The summed E-state index contributed by atoms with van der Waals surface area (Å²) in [5.41, 5.74) is 0. The second kappa shape index (κ2) is 19.6. The molecule has 0 saturated heterocycles. The third kappa shape index (κ3) is 17.4. The first-order chi connectivity index (χ1) is 13.5. The molecule has 0 aliphatic carbocycles. The van der Waals surface area contributed by atoms with Gasteiger partial charge in [-0.1, -0.05) is 64.7 Å².